The smallest absolute Gasteiger partial charge is 0.234 e. The second-order valence-corrected chi connectivity index (χ2v) is 8.19. The van der Waals surface area contributed by atoms with Crippen LogP contribution >= 0.6 is 11.8 Å². The Labute approximate surface area is 196 Å². The van der Waals surface area contributed by atoms with Crippen LogP contribution in [0.15, 0.2) is 84.5 Å². The van der Waals surface area contributed by atoms with Gasteiger partial charge in [-0.1, -0.05) is 54.2 Å². The van der Waals surface area contributed by atoms with Crippen molar-refractivity contribution in [2.45, 2.75) is 18.2 Å². The maximum atomic E-state index is 12.4. The number of carbonyl (C=O) groups excluding carboxylic acids is 1. The van der Waals surface area contributed by atoms with Gasteiger partial charge in [-0.05, 0) is 35.7 Å². The van der Waals surface area contributed by atoms with E-state index in [4.69, 9.17) is 4.74 Å². The zero-order valence-electron chi connectivity index (χ0n) is 18.3. The molecule has 4 aromatic rings. The molecule has 0 aliphatic rings. The highest BCUT2D eigenvalue weighted by molar-refractivity contribution is 7.99. The molecule has 2 N–H and O–H groups in total. The van der Waals surface area contributed by atoms with Crippen molar-refractivity contribution in [3.8, 4) is 5.75 Å². The molecular formula is C25H25N5O2S. The van der Waals surface area contributed by atoms with Crippen LogP contribution in [0.4, 0.5) is 11.4 Å². The molecule has 0 saturated heterocycles. The Kier molecular flexibility index (Phi) is 7.26. The lowest BCUT2D eigenvalue weighted by Gasteiger charge is -2.11. The molecule has 0 saturated carbocycles. The van der Waals surface area contributed by atoms with Gasteiger partial charge in [0.1, 0.15) is 5.75 Å². The molecule has 4 rings (SSSR count). The van der Waals surface area contributed by atoms with Gasteiger partial charge in [0, 0.05) is 23.3 Å². The lowest BCUT2D eigenvalue weighted by molar-refractivity contribution is -0.113. The Hall–Kier alpha value is -3.78. The molecule has 0 aliphatic heterocycles. The predicted octanol–water partition coefficient (Wildman–Crippen LogP) is 4.97. The van der Waals surface area contributed by atoms with E-state index >= 15 is 0 Å². The Morgan fingerprint density at radius 1 is 1.09 bits per heavy atom. The Morgan fingerprint density at radius 2 is 1.88 bits per heavy atom. The number of hydrogen-bond acceptors (Lipinski definition) is 6. The summed E-state index contributed by atoms with van der Waals surface area (Å²) < 4.78 is 7.11. The number of benzene rings is 3. The normalized spacial score (nSPS) is 10.7. The molecule has 0 fully saturated rings. The lowest BCUT2D eigenvalue weighted by Crippen LogP contribution is -2.15. The highest BCUT2D eigenvalue weighted by atomic mass is 32.2. The number of rotatable bonds is 10. The lowest BCUT2D eigenvalue weighted by atomic mass is 10.1. The Balaban J connectivity index is 1.40. The molecule has 1 amide bonds. The second kappa shape index (κ2) is 10.7. The fraction of sp³-hybridized carbons (Fsp3) is 0.160. The number of allylic oxidation sites excluding steroid dienone is 1. The first kappa shape index (κ1) is 22.4. The number of methoxy groups -OCH3 is 1. The molecule has 0 spiro atoms. The average Bonchev–Trinajstić information content (AvgIpc) is 3.23. The van der Waals surface area contributed by atoms with Crippen LogP contribution in [0.5, 0.6) is 5.75 Å². The van der Waals surface area contributed by atoms with Crippen molar-refractivity contribution in [1.29, 1.82) is 0 Å². The maximum absolute atomic E-state index is 12.4. The van der Waals surface area contributed by atoms with Crippen LogP contribution in [0.2, 0.25) is 0 Å². The van der Waals surface area contributed by atoms with E-state index in [9.17, 15) is 4.79 Å². The van der Waals surface area contributed by atoms with Gasteiger partial charge in [-0.15, -0.1) is 16.8 Å². The Bertz CT molecular complexity index is 1250. The molecule has 168 valence electrons. The molecule has 0 unspecified atom stereocenters. The number of fused-ring (bicyclic) bond motifs is 1. The third-order valence-corrected chi connectivity index (χ3v) is 6.00. The van der Waals surface area contributed by atoms with E-state index in [1.807, 2.05) is 22.8 Å². The van der Waals surface area contributed by atoms with Crippen LogP contribution in [0.1, 0.15) is 5.82 Å². The van der Waals surface area contributed by atoms with Crippen molar-refractivity contribution in [3.63, 3.8) is 0 Å². The summed E-state index contributed by atoms with van der Waals surface area (Å²) >= 11 is 1.34. The van der Waals surface area contributed by atoms with Crippen molar-refractivity contribution in [1.82, 2.24) is 14.8 Å². The van der Waals surface area contributed by atoms with E-state index in [0.29, 0.717) is 23.9 Å². The van der Waals surface area contributed by atoms with Crippen LogP contribution in [0.3, 0.4) is 0 Å². The van der Waals surface area contributed by atoms with Crippen LogP contribution in [0, 0.1) is 0 Å². The molecule has 1 aromatic heterocycles. The van der Waals surface area contributed by atoms with Gasteiger partial charge in [0.05, 0.1) is 19.4 Å². The number of nitrogens with one attached hydrogen (secondary N) is 2. The number of anilines is 2. The van der Waals surface area contributed by atoms with Gasteiger partial charge in [0.15, 0.2) is 11.0 Å². The van der Waals surface area contributed by atoms with Gasteiger partial charge < -0.3 is 19.9 Å². The zero-order chi connectivity index (χ0) is 23.0. The largest absolute Gasteiger partial charge is 0.497 e. The van der Waals surface area contributed by atoms with E-state index < -0.39 is 0 Å². The average molecular weight is 460 g/mol. The summed E-state index contributed by atoms with van der Waals surface area (Å²) in [6.45, 7) is 4.91. The van der Waals surface area contributed by atoms with Crippen molar-refractivity contribution < 1.29 is 9.53 Å². The first-order valence-electron chi connectivity index (χ1n) is 10.5. The van der Waals surface area contributed by atoms with E-state index in [0.717, 1.165) is 22.6 Å². The monoisotopic (exact) mass is 459 g/mol. The zero-order valence-corrected chi connectivity index (χ0v) is 19.1. The molecule has 8 heteroatoms. The third-order valence-electron chi connectivity index (χ3n) is 5.04. The minimum Gasteiger partial charge on any atom is -0.497 e. The summed E-state index contributed by atoms with van der Waals surface area (Å²) in [6, 6.07) is 21.6. The first-order valence-corrected chi connectivity index (χ1v) is 11.5. The number of amides is 1. The van der Waals surface area contributed by atoms with Crippen molar-refractivity contribution in [2.75, 3.05) is 23.5 Å². The minimum absolute atomic E-state index is 0.117. The van der Waals surface area contributed by atoms with Gasteiger partial charge in [-0.2, -0.15) is 0 Å². The van der Waals surface area contributed by atoms with E-state index in [1.54, 1.807) is 37.5 Å². The maximum Gasteiger partial charge on any atom is 0.234 e. The van der Waals surface area contributed by atoms with Crippen molar-refractivity contribution in [2.24, 2.45) is 0 Å². The van der Waals surface area contributed by atoms with Crippen LogP contribution in [-0.4, -0.2) is 33.5 Å². The van der Waals surface area contributed by atoms with Gasteiger partial charge in [0.2, 0.25) is 5.91 Å². The highest BCUT2D eigenvalue weighted by Crippen LogP contribution is 2.24. The fourth-order valence-electron chi connectivity index (χ4n) is 3.42. The van der Waals surface area contributed by atoms with Crippen molar-refractivity contribution in [3.05, 3.63) is 85.2 Å². The van der Waals surface area contributed by atoms with Crippen molar-refractivity contribution >= 4 is 39.8 Å². The number of carbonyl (C=O) groups is 1. The summed E-state index contributed by atoms with van der Waals surface area (Å²) in [7, 11) is 1.61. The van der Waals surface area contributed by atoms with Gasteiger partial charge in [-0.25, -0.2) is 0 Å². The number of thioether (sulfide) groups is 1. The van der Waals surface area contributed by atoms with Gasteiger partial charge in [-0.3, -0.25) is 4.79 Å². The second-order valence-electron chi connectivity index (χ2n) is 7.24. The molecule has 0 atom stereocenters. The summed E-state index contributed by atoms with van der Waals surface area (Å²) in [6.07, 6.45) is 1.80. The molecule has 0 bridgehead atoms. The number of nitrogens with zero attached hydrogens (tertiary/aromatic N) is 3. The molecule has 33 heavy (non-hydrogen) atoms. The minimum atomic E-state index is -0.117. The summed E-state index contributed by atoms with van der Waals surface area (Å²) in [5, 5.41) is 18.0. The van der Waals surface area contributed by atoms with E-state index in [-0.39, 0.29) is 11.7 Å². The molecule has 1 heterocycles. The van der Waals surface area contributed by atoms with Gasteiger partial charge in [0.25, 0.3) is 0 Å². The summed E-state index contributed by atoms with van der Waals surface area (Å²) in [5.74, 6) is 1.62. The first-order chi connectivity index (χ1) is 16.2. The van der Waals surface area contributed by atoms with Crippen LogP contribution in [-0.2, 0) is 17.9 Å². The van der Waals surface area contributed by atoms with Crippen LogP contribution < -0.4 is 15.4 Å². The Morgan fingerprint density at radius 3 is 2.67 bits per heavy atom. The molecule has 0 radical (unpaired) electrons. The number of aromatic nitrogens is 3. The van der Waals surface area contributed by atoms with Crippen LogP contribution in [0.25, 0.3) is 10.8 Å². The van der Waals surface area contributed by atoms with E-state index in [1.165, 1.54) is 17.1 Å². The third kappa shape index (κ3) is 5.53. The number of ether oxygens (including phenoxy) is 1. The predicted molar refractivity (Wildman–Crippen MR) is 134 cm³/mol. The topological polar surface area (TPSA) is 81.1 Å². The highest BCUT2D eigenvalue weighted by Gasteiger charge is 2.14. The standard InChI is InChI=1S/C25H25N5O2S/c1-3-15-30-23(16-26-22-10-6-8-18-7-4-5-9-21(18)22)28-29-25(30)33-17-24(31)27-19-11-13-20(32-2)14-12-19/h3-14,26H,1,15-17H2,2H3,(H,27,31). The molecule has 3 aromatic carbocycles. The summed E-state index contributed by atoms with van der Waals surface area (Å²) in [4.78, 5) is 12.4. The fourth-order valence-corrected chi connectivity index (χ4v) is 4.19. The van der Waals surface area contributed by atoms with Gasteiger partial charge >= 0.3 is 0 Å². The quantitative estimate of drug-likeness (QED) is 0.257. The summed E-state index contributed by atoms with van der Waals surface area (Å²) in [5.41, 5.74) is 1.75. The molecular weight excluding hydrogens is 434 g/mol. The molecule has 7 nitrogen and oxygen atoms in total. The number of hydrogen-bond donors (Lipinski definition) is 2. The van der Waals surface area contributed by atoms with E-state index in [2.05, 4.69) is 51.7 Å². The molecule has 0 aliphatic carbocycles. The SMILES string of the molecule is C=CCn1c(CNc2cccc3ccccc23)nnc1SCC(=O)Nc1ccc(OC)cc1.